The van der Waals surface area contributed by atoms with Crippen LogP contribution in [0, 0.1) is 6.92 Å². The average molecular weight is 387 g/mol. The first-order chi connectivity index (χ1) is 14.2. The van der Waals surface area contributed by atoms with Gasteiger partial charge in [0.1, 0.15) is 11.5 Å². The molecule has 0 unspecified atom stereocenters. The third-order valence-electron chi connectivity index (χ3n) is 4.47. The quantitative estimate of drug-likeness (QED) is 0.472. The Morgan fingerprint density at radius 2 is 1.62 bits per heavy atom. The highest BCUT2D eigenvalue weighted by Gasteiger charge is 2.10. The van der Waals surface area contributed by atoms with Crippen LogP contribution in [0.4, 0.5) is 11.4 Å². The van der Waals surface area contributed by atoms with Crippen LogP contribution in [0.3, 0.4) is 0 Å². The van der Waals surface area contributed by atoms with E-state index in [-0.39, 0.29) is 6.01 Å². The monoisotopic (exact) mass is 387 g/mol. The summed E-state index contributed by atoms with van der Waals surface area (Å²) in [6.07, 6.45) is 0. The Morgan fingerprint density at radius 3 is 2.34 bits per heavy atom. The van der Waals surface area contributed by atoms with E-state index >= 15 is 0 Å². The maximum absolute atomic E-state index is 5.90. The van der Waals surface area contributed by atoms with E-state index < -0.39 is 0 Å². The second-order valence-corrected chi connectivity index (χ2v) is 6.47. The average Bonchev–Trinajstić information content (AvgIpc) is 2.75. The first kappa shape index (κ1) is 18.6. The van der Waals surface area contributed by atoms with Crippen LogP contribution in [0.5, 0.6) is 23.4 Å². The molecule has 0 amide bonds. The molecule has 1 aromatic heterocycles. The molecule has 6 heteroatoms. The lowest BCUT2D eigenvalue weighted by Crippen LogP contribution is -1.98. The number of aromatic nitrogens is 2. The van der Waals surface area contributed by atoms with Gasteiger partial charge < -0.3 is 19.5 Å². The molecule has 3 aromatic carbocycles. The Bertz CT molecular complexity index is 1150. The van der Waals surface area contributed by atoms with Crippen LogP contribution >= 0.6 is 0 Å². The molecule has 0 bridgehead atoms. The number of benzene rings is 3. The smallest absolute Gasteiger partial charge is 0.320 e. The predicted octanol–water partition coefficient (Wildman–Crippen LogP) is 5.49. The van der Waals surface area contributed by atoms with Crippen molar-refractivity contribution in [2.75, 3.05) is 19.5 Å². The van der Waals surface area contributed by atoms with Gasteiger partial charge in [-0.3, -0.25) is 0 Å². The van der Waals surface area contributed by atoms with Gasteiger partial charge in [0.15, 0.2) is 0 Å². The largest absolute Gasteiger partial charge is 0.480 e. The zero-order valence-electron chi connectivity index (χ0n) is 16.5. The summed E-state index contributed by atoms with van der Waals surface area (Å²) >= 11 is 0. The molecule has 4 rings (SSSR count). The van der Waals surface area contributed by atoms with E-state index in [0.717, 1.165) is 39.3 Å². The number of hydrogen-bond donors (Lipinski definition) is 1. The molecule has 0 aliphatic heterocycles. The van der Waals surface area contributed by atoms with Gasteiger partial charge in [-0.1, -0.05) is 18.2 Å². The Morgan fingerprint density at radius 1 is 0.793 bits per heavy atom. The number of anilines is 2. The summed E-state index contributed by atoms with van der Waals surface area (Å²) in [6, 6.07) is 21.8. The summed E-state index contributed by atoms with van der Waals surface area (Å²) in [6.45, 7) is 2.04. The molecule has 1 N–H and O–H groups in total. The van der Waals surface area contributed by atoms with Gasteiger partial charge in [0, 0.05) is 11.4 Å². The molecule has 0 fully saturated rings. The molecular weight excluding hydrogens is 366 g/mol. The number of ether oxygens (including phenoxy) is 3. The van der Waals surface area contributed by atoms with E-state index in [1.54, 1.807) is 7.11 Å². The second kappa shape index (κ2) is 8.06. The van der Waals surface area contributed by atoms with Gasteiger partial charge in [-0.05, 0) is 61.0 Å². The van der Waals surface area contributed by atoms with Crippen LogP contribution in [-0.4, -0.2) is 24.2 Å². The van der Waals surface area contributed by atoms with Crippen molar-refractivity contribution >= 4 is 22.3 Å². The number of rotatable bonds is 6. The topological polar surface area (TPSA) is 65.5 Å². The fourth-order valence-corrected chi connectivity index (χ4v) is 3.02. The van der Waals surface area contributed by atoms with Gasteiger partial charge in [0.05, 0.1) is 25.1 Å². The summed E-state index contributed by atoms with van der Waals surface area (Å²) < 4.78 is 16.4. The Hall–Kier alpha value is -3.80. The third kappa shape index (κ3) is 4.06. The number of para-hydroxylation sites is 1. The van der Waals surface area contributed by atoms with Crippen molar-refractivity contribution in [1.82, 2.24) is 9.97 Å². The highest BCUT2D eigenvalue weighted by molar-refractivity contribution is 5.88. The van der Waals surface area contributed by atoms with Gasteiger partial charge >= 0.3 is 6.01 Å². The molecule has 0 spiro atoms. The van der Waals surface area contributed by atoms with Gasteiger partial charge in [0.25, 0.3) is 0 Å². The third-order valence-corrected chi connectivity index (χ3v) is 4.47. The van der Waals surface area contributed by atoms with E-state index in [2.05, 4.69) is 15.3 Å². The van der Waals surface area contributed by atoms with Crippen LogP contribution in [0.25, 0.3) is 10.9 Å². The van der Waals surface area contributed by atoms with E-state index in [4.69, 9.17) is 14.2 Å². The summed E-state index contributed by atoms with van der Waals surface area (Å²) in [4.78, 5) is 8.62. The molecule has 0 saturated heterocycles. The molecule has 146 valence electrons. The van der Waals surface area contributed by atoms with Crippen molar-refractivity contribution in [3.8, 4) is 23.4 Å². The van der Waals surface area contributed by atoms with Crippen LogP contribution in [0.15, 0.2) is 66.7 Å². The fraction of sp³-hybridized carbons (Fsp3) is 0.130. The van der Waals surface area contributed by atoms with Gasteiger partial charge in [-0.2, -0.15) is 9.97 Å². The van der Waals surface area contributed by atoms with Gasteiger partial charge in [-0.25, -0.2) is 0 Å². The molecule has 0 saturated carbocycles. The summed E-state index contributed by atoms with van der Waals surface area (Å²) in [5.74, 6) is 2.07. The Kier molecular flexibility index (Phi) is 5.16. The van der Waals surface area contributed by atoms with Crippen LogP contribution in [0.2, 0.25) is 0 Å². The maximum atomic E-state index is 5.90. The van der Waals surface area contributed by atoms with Crippen LogP contribution < -0.4 is 19.5 Å². The minimum absolute atomic E-state index is 0.278. The van der Waals surface area contributed by atoms with Crippen molar-refractivity contribution in [2.45, 2.75) is 6.92 Å². The normalized spacial score (nSPS) is 10.6. The fourth-order valence-electron chi connectivity index (χ4n) is 3.02. The first-order valence-corrected chi connectivity index (χ1v) is 9.16. The predicted molar refractivity (Wildman–Crippen MR) is 114 cm³/mol. The number of nitrogens with one attached hydrogen (secondary N) is 1. The van der Waals surface area contributed by atoms with E-state index in [9.17, 15) is 0 Å². The first-order valence-electron chi connectivity index (χ1n) is 9.16. The van der Waals surface area contributed by atoms with E-state index in [0.29, 0.717) is 5.88 Å². The zero-order valence-corrected chi connectivity index (χ0v) is 16.5. The number of methoxy groups -OCH3 is 2. The van der Waals surface area contributed by atoms with Gasteiger partial charge in [-0.15, -0.1) is 0 Å². The lowest BCUT2D eigenvalue weighted by Gasteiger charge is -2.13. The highest BCUT2D eigenvalue weighted by atomic mass is 16.5. The van der Waals surface area contributed by atoms with Crippen LogP contribution in [-0.2, 0) is 0 Å². The zero-order chi connectivity index (χ0) is 20.2. The molecule has 0 radical (unpaired) electrons. The van der Waals surface area contributed by atoms with E-state index in [1.807, 2.05) is 73.7 Å². The standard InChI is InChI=1S/C23H21N3O3/c1-15-13-18(29-17-7-5-4-6-8-17)10-12-20(15)24-16-9-11-21-19(14-16)22(27-2)26-23(25-21)28-3/h4-14,24H,1-3H3. The highest BCUT2D eigenvalue weighted by Crippen LogP contribution is 2.31. The molecular formula is C23H21N3O3. The summed E-state index contributed by atoms with van der Waals surface area (Å²) in [5, 5.41) is 4.24. The second-order valence-electron chi connectivity index (χ2n) is 6.47. The molecule has 4 aromatic rings. The SMILES string of the molecule is COc1nc(OC)c2cc(Nc3ccc(Oc4ccccc4)cc3C)ccc2n1. The Balaban J connectivity index is 1.59. The lowest BCUT2D eigenvalue weighted by molar-refractivity contribution is 0.357. The number of hydrogen-bond acceptors (Lipinski definition) is 6. The number of nitrogens with zero attached hydrogens (tertiary/aromatic N) is 2. The van der Waals surface area contributed by atoms with Crippen molar-refractivity contribution in [3.05, 3.63) is 72.3 Å². The number of fused-ring (bicyclic) bond motifs is 1. The van der Waals surface area contributed by atoms with Crippen molar-refractivity contribution in [1.29, 1.82) is 0 Å². The van der Waals surface area contributed by atoms with Crippen molar-refractivity contribution < 1.29 is 14.2 Å². The molecule has 0 aliphatic rings. The molecule has 1 heterocycles. The molecule has 0 atom stereocenters. The maximum Gasteiger partial charge on any atom is 0.320 e. The van der Waals surface area contributed by atoms with Gasteiger partial charge in [0.2, 0.25) is 5.88 Å². The van der Waals surface area contributed by atoms with Crippen molar-refractivity contribution in [2.24, 2.45) is 0 Å². The minimum atomic E-state index is 0.278. The van der Waals surface area contributed by atoms with Crippen LogP contribution in [0.1, 0.15) is 5.56 Å². The molecule has 0 aliphatic carbocycles. The Labute approximate surface area is 169 Å². The molecule has 6 nitrogen and oxygen atoms in total. The number of aryl methyl sites for hydroxylation is 1. The minimum Gasteiger partial charge on any atom is -0.480 e. The lowest BCUT2D eigenvalue weighted by atomic mass is 10.1. The van der Waals surface area contributed by atoms with Crippen molar-refractivity contribution in [3.63, 3.8) is 0 Å². The summed E-state index contributed by atoms with van der Waals surface area (Å²) in [7, 11) is 3.11. The molecule has 29 heavy (non-hydrogen) atoms. The summed E-state index contributed by atoms with van der Waals surface area (Å²) in [5.41, 5.74) is 3.71. The van der Waals surface area contributed by atoms with E-state index in [1.165, 1.54) is 7.11 Å².